The summed E-state index contributed by atoms with van der Waals surface area (Å²) in [6.45, 7) is 1.55. The topological polar surface area (TPSA) is 58.6 Å². The number of amides is 2. The highest BCUT2D eigenvalue weighted by molar-refractivity contribution is 5.78. The number of para-hydroxylation sites is 1. The molecule has 31 heavy (non-hydrogen) atoms. The molecule has 168 valence electrons. The third kappa shape index (κ3) is 4.61. The summed E-state index contributed by atoms with van der Waals surface area (Å²) in [6, 6.07) is 8.60. The number of carbonyl (C=O) groups excluding carboxylic acids is 2. The lowest BCUT2D eigenvalue weighted by Gasteiger charge is -2.47. The standard InChI is InChI=1S/C26H36N2O3/c29-24(27-21-8-5-9-21)17-20-18-26(31-23-11-4-3-10-22(20)23)12-14-28(15-13-26)25(30)16-19-6-1-2-7-19/h3-4,10-11,19-21H,1-2,5-9,12-18H2,(H,27,29)/t20-/m0/s1. The third-order valence-corrected chi connectivity index (χ3v) is 8.17. The Hall–Kier alpha value is -2.04. The number of likely N-dealkylation sites (tertiary alicyclic amines) is 1. The molecule has 2 aliphatic heterocycles. The van der Waals surface area contributed by atoms with Gasteiger partial charge in [-0.25, -0.2) is 0 Å². The van der Waals surface area contributed by atoms with Crippen LogP contribution in [0.2, 0.25) is 0 Å². The maximum absolute atomic E-state index is 12.8. The lowest BCUT2D eigenvalue weighted by atomic mass is 9.76. The lowest BCUT2D eigenvalue weighted by molar-refractivity contribution is -0.136. The van der Waals surface area contributed by atoms with Crippen LogP contribution in [0.1, 0.15) is 88.5 Å². The van der Waals surface area contributed by atoms with Crippen molar-refractivity contribution in [3.05, 3.63) is 29.8 Å². The smallest absolute Gasteiger partial charge is 0.222 e. The predicted molar refractivity (Wildman–Crippen MR) is 120 cm³/mol. The first-order valence-electron chi connectivity index (χ1n) is 12.5. The van der Waals surface area contributed by atoms with Crippen molar-refractivity contribution in [3.63, 3.8) is 0 Å². The van der Waals surface area contributed by atoms with Gasteiger partial charge in [-0.05, 0) is 56.1 Å². The normalized spacial score (nSPS) is 25.5. The fourth-order valence-electron chi connectivity index (χ4n) is 6.05. The van der Waals surface area contributed by atoms with Gasteiger partial charge < -0.3 is 15.0 Å². The van der Waals surface area contributed by atoms with E-state index in [1.807, 2.05) is 18.2 Å². The molecule has 1 saturated heterocycles. The van der Waals surface area contributed by atoms with E-state index in [0.29, 0.717) is 24.3 Å². The number of ether oxygens (including phenoxy) is 1. The second-order valence-corrected chi connectivity index (χ2v) is 10.4. The molecule has 5 rings (SSSR count). The Bertz CT molecular complexity index is 805. The first kappa shape index (κ1) is 20.8. The van der Waals surface area contributed by atoms with Crippen molar-refractivity contribution in [1.82, 2.24) is 10.2 Å². The van der Waals surface area contributed by atoms with Gasteiger partial charge in [0, 0.05) is 50.7 Å². The number of rotatable bonds is 5. The van der Waals surface area contributed by atoms with E-state index in [1.54, 1.807) is 0 Å². The number of nitrogens with zero attached hydrogens (tertiary/aromatic N) is 1. The quantitative estimate of drug-likeness (QED) is 0.754. The number of hydrogen-bond acceptors (Lipinski definition) is 3. The lowest BCUT2D eigenvalue weighted by Crippen LogP contribution is -2.52. The highest BCUT2D eigenvalue weighted by Crippen LogP contribution is 2.46. The second kappa shape index (κ2) is 8.84. The van der Waals surface area contributed by atoms with E-state index in [1.165, 1.54) is 32.1 Å². The molecule has 0 aromatic heterocycles. The van der Waals surface area contributed by atoms with Gasteiger partial charge in [-0.3, -0.25) is 9.59 Å². The van der Waals surface area contributed by atoms with E-state index in [-0.39, 0.29) is 17.4 Å². The van der Waals surface area contributed by atoms with Crippen molar-refractivity contribution in [2.75, 3.05) is 13.1 Å². The van der Waals surface area contributed by atoms with E-state index < -0.39 is 0 Å². The number of nitrogens with one attached hydrogen (secondary N) is 1. The Labute approximate surface area is 185 Å². The number of fused-ring (bicyclic) bond motifs is 1. The first-order chi connectivity index (χ1) is 15.1. The maximum Gasteiger partial charge on any atom is 0.222 e. The molecule has 1 spiro atoms. The van der Waals surface area contributed by atoms with Gasteiger partial charge >= 0.3 is 0 Å². The molecule has 5 heteroatoms. The molecule has 2 saturated carbocycles. The monoisotopic (exact) mass is 424 g/mol. The van der Waals surface area contributed by atoms with Gasteiger partial charge in [0.2, 0.25) is 11.8 Å². The van der Waals surface area contributed by atoms with Gasteiger partial charge in [0.15, 0.2) is 0 Å². The van der Waals surface area contributed by atoms with Crippen LogP contribution in [0.3, 0.4) is 0 Å². The summed E-state index contributed by atoms with van der Waals surface area (Å²) in [5.41, 5.74) is 0.913. The summed E-state index contributed by atoms with van der Waals surface area (Å²) in [5.74, 6) is 2.21. The van der Waals surface area contributed by atoms with Gasteiger partial charge in [0.1, 0.15) is 11.4 Å². The molecule has 1 aromatic carbocycles. The molecule has 1 aromatic rings. The summed E-state index contributed by atoms with van der Waals surface area (Å²) in [5, 5.41) is 3.21. The third-order valence-electron chi connectivity index (χ3n) is 8.17. The van der Waals surface area contributed by atoms with Gasteiger partial charge in [0.25, 0.3) is 0 Å². The second-order valence-electron chi connectivity index (χ2n) is 10.4. The Kier molecular flexibility index (Phi) is 5.94. The highest BCUT2D eigenvalue weighted by Gasteiger charge is 2.44. The summed E-state index contributed by atoms with van der Waals surface area (Å²) in [6.07, 6.45) is 12.3. The number of hydrogen-bond donors (Lipinski definition) is 1. The van der Waals surface area contributed by atoms with Crippen LogP contribution in [-0.2, 0) is 9.59 Å². The van der Waals surface area contributed by atoms with Crippen LogP contribution in [0.15, 0.2) is 24.3 Å². The first-order valence-corrected chi connectivity index (χ1v) is 12.5. The summed E-state index contributed by atoms with van der Waals surface area (Å²) < 4.78 is 6.58. The van der Waals surface area contributed by atoms with Crippen molar-refractivity contribution in [2.45, 2.75) is 94.6 Å². The van der Waals surface area contributed by atoms with Crippen LogP contribution in [0.25, 0.3) is 0 Å². The van der Waals surface area contributed by atoms with Gasteiger partial charge in [-0.2, -0.15) is 0 Å². The molecule has 1 atom stereocenters. The zero-order chi connectivity index (χ0) is 21.3. The Morgan fingerprint density at radius 3 is 2.45 bits per heavy atom. The molecule has 2 amide bonds. The number of benzene rings is 1. The molecular weight excluding hydrogens is 388 g/mol. The van der Waals surface area contributed by atoms with Crippen molar-refractivity contribution >= 4 is 11.8 Å². The Morgan fingerprint density at radius 1 is 1.00 bits per heavy atom. The van der Waals surface area contributed by atoms with Crippen LogP contribution in [0.4, 0.5) is 0 Å². The molecule has 2 heterocycles. The molecule has 3 fully saturated rings. The van der Waals surface area contributed by atoms with Crippen LogP contribution < -0.4 is 10.1 Å². The van der Waals surface area contributed by atoms with E-state index >= 15 is 0 Å². The zero-order valence-corrected chi connectivity index (χ0v) is 18.6. The Morgan fingerprint density at radius 2 is 1.74 bits per heavy atom. The van der Waals surface area contributed by atoms with Crippen LogP contribution >= 0.6 is 0 Å². The summed E-state index contributed by atoms with van der Waals surface area (Å²) >= 11 is 0. The minimum atomic E-state index is -0.250. The number of piperidine rings is 1. The summed E-state index contributed by atoms with van der Waals surface area (Å²) in [4.78, 5) is 27.6. The zero-order valence-electron chi connectivity index (χ0n) is 18.6. The fraction of sp³-hybridized carbons (Fsp3) is 0.692. The van der Waals surface area contributed by atoms with Crippen molar-refractivity contribution in [1.29, 1.82) is 0 Å². The minimum absolute atomic E-state index is 0.172. The molecular formula is C26H36N2O3. The maximum atomic E-state index is 12.8. The van der Waals surface area contributed by atoms with Crippen LogP contribution in [-0.4, -0.2) is 41.4 Å². The average molecular weight is 425 g/mol. The highest BCUT2D eigenvalue weighted by atomic mass is 16.5. The average Bonchev–Trinajstić information content (AvgIpc) is 3.24. The van der Waals surface area contributed by atoms with Crippen molar-refractivity contribution in [3.8, 4) is 5.75 Å². The van der Waals surface area contributed by atoms with E-state index in [0.717, 1.165) is 62.9 Å². The van der Waals surface area contributed by atoms with E-state index in [9.17, 15) is 9.59 Å². The van der Waals surface area contributed by atoms with Crippen LogP contribution in [0.5, 0.6) is 5.75 Å². The molecule has 2 aliphatic carbocycles. The largest absolute Gasteiger partial charge is 0.487 e. The van der Waals surface area contributed by atoms with Gasteiger partial charge in [-0.15, -0.1) is 0 Å². The molecule has 0 bridgehead atoms. The predicted octanol–water partition coefficient (Wildman–Crippen LogP) is 4.55. The summed E-state index contributed by atoms with van der Waals surface area (Å²) in [7, 11) is 0. The van der Waals surface area contributed by atoms with E-state index in [4.69, 9.17) is 4.74 Å². The molecule has 4 aliphatic rings. The van der Waals surface area contributed by atoms with Gasteiger partial charge in [-0.1, -0.05) is 31.0 Å². The van der Waals surface area contributed by atoms with Gasteiger partial charge in [0.05, 0.1) is 0 Å². The number of carbonyl (C=O) groups is 2. The van der Waals surface area contributed by atoms with Crippen molar-refractivity contribution in [2.24, 2.45) is 5.92 Å². The molecule has 0 unspecified atom stereocenters. The minimum Gasteiger partial charge on any atom is -0.487 e. The van der Waals surface area contributed by atoms with E-state index in [2.05, 4.69) is 16.3 Å². The van der Waals surface area contributed by atoms with Crippen molar-refractivity contribution < 1.29 is 14.3 Å². The van der Waals surface area contributed by atoms with Crippen LogP contribution in [0, 0.1) is 5.92 Å². The molecule has 0 radical (unpaired) electrons. The SMILES string of the molecule is O=C(C[C@H]1CC2(CCN(C(=O)CC3CCCC3)CC2)Oc2ccccc21)NC1CCC1. The fourth-order valence-corrected chi connectivity index (χ4v) is 6.05. The molecule has 1 N–H and O–H groups in total. The molecule has 5 nitrogen and oxygen atoms in total. The Balaban J connectivity index is 1.23.